The molecule has 0 bridgehead atoms. The molecule has 0 spiro atoms. The molecule has 0 aromatic carbocycles. The molecule has 2 heterocycles. The maximum atomic E-state index is 12.3. The summed E-state index contributed by atoms with van der Waals surface area (Å²) in [7, 11) is -3.75. The highest BCUT2D eigenvalue weighted by Crippen LogP contribution is 2.23. The summed E-state index contributed by atoms with van der Waals surface area (Å²) in [6.45, 7) is 1.72. The fraction of sp³-hybridized carbons (Fsp3) is 0.167. The maximum absolute atomic E-state index is 12.3. The zero-order chi connectivity index (χ0) is 15.5. The minimum absolute atomic E-state index is 0.0396. The molecule has 1 unspecified atom stereocenters. The van der Waals surface area contributed by atoms with E-state index in [4.69, 9.17) is 17.4 Å². The Morgan fingerprint density at radius 1 is 1.38 bits per heavy atom. The molecule has 0 saturated heterocycles. The van der Waals surface area contributed by atoms with E-state index in [0.29, 0.717) is 0 Å². The second-order valence-electron chi connectivity index (χ2n) is 4.28. The number of nitrogens with one attached hydrogen (secondary N) is 2. The lowest BCUT2D eigenvalue weighted by molar-refractivity contribution is 0.566. The van der Waals surface area contributed by atoms with Gasteiger partial charge in [0.2, 0.25) is 10.0 Å². The van der Waals surface area contributed by atoms with Crippen molar-refractivity contribution in [2.24, 2.45) is 5.84 Å². The predicted molar refractivity (Wildman–Crippen MR) is 80.0 cm³/mol. The Balaban J connectivity index is 2.24. The summed E-state index contributed by atoms with van der Waals surface area (Å²) in [5.41, 5.74) is 3.02. The highest BCUT2D eigenvalue weighted by molar-refractivity contribution is 7.89. The number of pyridine rings is 2. The van der Waals surface area contributed by atoms with Gasteiger partial charge in [0.25, 0.3) is 0 Å². The van der Waals surface area contributed by atoms with Crippen LogP contribution in [0, 0.1) is 0 Å². The molecule has 0 saturated carbocycles. The predicted octanol–water partition coefficient (Wildman–Crippen LogP) is 1.46. The molecule has 0 radical (unpaired) electrons. The largest absolute Gasteiger partial charge is 0.307 e. The number of nitrogens with zero attached hydrogens (tertiary/aromatic N) is 2. The first kappa shape index (κ1) is 15.6. The van der Waals surface area contributed by atoms with Crippen molar-refractivity contribution in [1.29, 1.82) is 0 Å². The zero-order valence-corrected chi connectivity index (χ0v) is 12.7. The SMILES string of the molecule is CC(NS(=O)(=O)c1cnc(NN)c(Cl)c1)c1cccnc1. The van der Waals surface area contributed by atoms with E-state index in [0.717, 1.165) is 5.56 Å². The Hall–Kier alpha value is -1.74. The first-order valence-corrected chi connectivity index (χ1v) is 7.84. The number of sulfonamides is 1. The lowest BCUT2D eigenvalue weighted by atomic mass is 10.2. The summed E-state index contributed by atoms with van der Waals surface area (Å²) < 4.78 is 27.1. The van der Waals surface area contributed by atoms with E-state index in [-0.39, 0.29) is 15.7 Å². The van der Waals surface area contributed by atoms with Gasteiger partial charge in [0.15, 0.2) is 5.82 Å². The maximum Gasteiger partial charge on any atom is 0.242 e. The number of rotatable bonds is 5. The van der Waals surface area contributed by atoms with Gasteiger partial charge >= 0.3 is 0 Å². The van der Waals surface area contributed by atoms with E-state index in [9.17, 15) is 8.42 Å². The number of nitrogens with two attached hydrogens (primary N) is 1. The van der Waals surface area contributed by atoms with Gasteiger partial charge in [-0.15, -0.1) is 0 Å². The molecule has 1 atom stereocenters. The molecule has 112 valence electrons. The number of aromatic nitrogens is 2. The van der Waals surface area contributed by atoms with Crippen molar-refractivity contribution in [1.82, 2.24) is 14.7 Å². The summed E-state index contributed by atoms with van der Waals surface area (Å²) in [5.74, 6) is 5.40. The van der Waals surface area contributed by atoms with Gasteiger partial charge in [0, 0.05) is 24.6 Å². The summed E-state index contributed by atoms with van der Waals surface area (Å²) in [6.07, 6.45) is 4.40. The fourth-order valence-corrected chi connectivity index (χ4v) is 3.16. The van der Waals surface area contributed by atoms with Crippen LogP contribution in [0.25, 0.3) is 0 Å². The van der Waals surface area contributed by atoms with Crippen molar-refractivity contribution in [3.63, 3.8) is 0 Å². The van der Waals surface area contributed by atoms with Gasteiger partial charge in [-0.2, -0.15) is 0 Å². The van der Waals surface area contributed by atoms with Crippen molar-refractivity contribution in [2.75, 3.05) is 5.43 Å². The van der Waals surface area contributed by atoms with Gasteiger partial charge in [0.1, 0.15) is 4.90 Å². The van der Waals surface area contributed by atoms with Gasteiger partial charge in [-0.25, -0.2) is 24.0 Å². The fourth-order valence-electron chi connectivity index (χ4n) is 1.67. The van der Waals surface area contributed by atoms with E-state index in [1.165, 1.54) is 12.3 Å². The summed E-state index contributed by atoms with van der Waals surface area (Å²) >= 11 is 5.88. The van der Waals surface area contributed by atoms with Crippen LogP contribution in [0.5, 0.6) is 0 Å². The molecule has 2 aromatic heterocycles. The Labute approximate surface area is 127 Å². The lowest BCUT2D eigenvalue weighted by Crippen LogP contribution is -2.27. The van der Waals surface area contributed by atoms with Gasteiger partial charge in [-0.3, -0.25) is 4.98 Å². The molecule has 0 aliphatic rings. The molecule has 2 rings (SSSR count). The molecule has 0 aliphatic heterocycles. The number of hydrogen-bond donors (Lipinski definition) is 3. The third kappa shape index (κ3) is 3.67. The first-order chi connectivity index (χ1) is 9.94. The highest BCUT2D eigenvalue weighted by atomic mass is 35.5. The van der Waals surface area contributed by atoms with Crippen molar-refractivity contribution in [3.05, 3.63) is 47.4 Å². The highest BCUT2D eigenvalue weighted by Gasteiger charge is 2.20. The Bertz CT molecular complexity index is 724. The first-order valence-electron chi connectivity index (χ1n) is 5.98. The molecule has 0 amide bonds. The molecule has 2 aromatic rings. The lowest BCUT2D eigenvalue weighted by Gasteiger charge is -2.14. The molecular weight excluding hydrogens is 314 g/mol. The second kappa shape index (κ2) is 6.35. The Morgan fingerprint density at radius 2 is 2.14 bits per heavy atom. The average molecular weight is 328 g/mol. The number of anilines is 1. The Morgan fingerprint density at radius 3 is 2.71 bits per heavy atom. The molecule has 4 N–H and O–H groups in total. The second-order valence-corrected chi connectivity index (χ2v) is 6.40. The molecule has 0 aliphatic carbocycles. The smallest absolute Gasteiger partial charge is 0.242 e. The summed E-state index contributed by atoms with van der Waals surface area (Å²) in [6, 6.07) is 4.37. The van der Waals surface area contributed by atoms with E-state index in [2.05, 4.69) is 20.1 Å². The normalized spacial score (nSPS) is 12.9. The van der Waals surface area contributed by atoms with Crippen LogP contribution in [-0.2, 0) is 10.0 Å². The van der Waals surface area contributed by atoms with E-state index in [1.54, 1.807) is 31.5 Å². The molecule has 7 nitrogen and oxygen atoms in total. The summed E-state index contributed by atoms with van der Waals surface area (Å²) in [5, 5.41) is 0.120. The number of nitrogen functional groups attached to an aromatic ring is 1. The minimum atomic E-state index is -3.75. The van der Waals surface area contributed by atoms with Crippen LogP contribution in [0.4, 0.5) is 5.82 Å². The van der Waals surface area contributed by atoms with Gasteiger partial charge < -0.3 is 5.43 Å². The van der Waals surface area contributed by atoms with Crippen molar-refractivity contribution >= 4 is 27.4 Å². The molecule has 9 heteroatoms. The summed E-state index contributed by atoms with van der Waals surface area (Å²) in [4.78, 5) is 7.76. The average Bonchev–Trinajstić information content (AvgIpc) is 2.47. The van der Waals surface area contributed by atoms with Crippen LogP contribution in [0.2, 0.25) is 5.02 Å². The van der Waals surface area contributed by atoms with Crippen LogP contribution in [0.15, 0.2) is 41.7 Å². The Kier molecular flexibility index (Phi) is 4.73. The van der Waals surface area contributed by atoms with Crippen LogP contribution < -0.4 is 16.0 Å². The van der Waals surface area contributed by atoms with Crippen molar-refractivity contribution in [3.8, 4) is 0 Å². The van der Waals surface area contributed by atoms with Gasteiger partial charge in [-0.05, 0) is 24.6 Å². The molecule has 21 heavy (non-hydrogen) atoms. The number of hydrazine groups is 1. The topological polar surface area (TPSA) is 110 Å². The van der Waals surface area contributed by atoms with Crippen LogP contribution >= 0.6 is 11.6 Å². The third-order valence-electron chi connectivity index (χ3n) is 2.78. The zero-order valence-electron chi connectivity index (χ0n) is 11.1. The van der Waals surface area contributed by atoms with Gasteiger partial charge in [-0.1, -0.05) is 17.7 Å². The quantitative estimate of drug-likeness (QED) is 0.566. The van der Waals surface area contributed by atoms with E-state index >= 15 is 0 Å². The molecular formula is C12H14ClN5O2S. The van der Waals surface area contributed by atoms with Crippen LogP contribution in [0.3, 0.4) is 0 Å². The van der Waals surface area contributed by atoms with Crippen molar-refractivity contribution in [2.45, 2.75) is 17.9 Å². The standard InChI is InChI=1S/C12H14ClN5O2S/c1-8(9-3-2-4-15-6-9)18-21(19,20)10-5-11(13)12(17-14)16-7-10/h2-8,18H,14H2,1H3,(H,16,17). The van der Waals surface area contributed by atoms with Crippen LogP contribution in [0.1, 0.15) is 18.5 Å². The van der Waals surface area contributed by atoms with Gasteiger partial charge in [0.05, 0.1) is 5.02 Å². The third-order valence-corrected chi connectivity index (χ3v) is 4.58. The minimum Gasteiger partial charge on any atom is -0.307 e. The van der Waals surface area contributed by atoms with E-state index in [1.807, 2.05) is 0 Å². The van der Waals surface area contributed by atoms with Crippen LogP contribution in [-0.4, -0.2) is 18.4 Å². The van der Waals surface area contributed by atoms with Crippen molar-refractivity contribution < 1.29 is 8.42 Å². The number of halogens is 1. The number of hydrogen-bond acceptors (Lipinski definition) is 6. The molecule has 0 fully saturated rings. The van der Waals surface area contributed by atoms with E-state index < -0.39 is 16.1 Å². The monoisotopic (exact) mass is 327 g/mol.